The van der Waals surface area contributed by atoms with Crippen LogP contribution in [0.5, 0.6) is 0 Å². The molecule has 4 aromatic carbocycles. The minimum absolute atomic E-state index is 0. The first-order valence-electron chi connectivity index (χ1n) is 14.4. The van der Waals surface area contributed by atoms with Crippen molar-refractivity contribution in [1.82, 2.24) is 0 Å². The Morgan fingerprint density at radius 1 is 0.467 bits per heavy atom. The van der Waals surface area contributed by atoms with Crippen LogP contribution in [0.1, 0.15) is 20.3 Å². The van der Waals surface area contributed by atoms with E-state index in [0.29, 0.717) is 11.3 Å². The number of rotatable bonds is 7. The summed E-state index contributed by atoms with van der Waals surface area (Å²) in [6, 6.07) is 44.5. The predicted molar refractivity (Wildman–Crippen MR) is 179 cm³/mol. The zero-order chi connectivity index (χ0) is 31.9. The molecule has 6 rings (SSSR count). The second-order valence-corrected chi connectivity index (χ2v) is 21.5. The fourth-order valence-corrected chi connectivity index (χ4v) is 11.5. The Balaban J connectivity index is 0.000000302. The van der Waals surface area contributed by atoms with Gasteiger partial charge in [0.2, 0.25) is 0 Å². The molecule has 4 aromatic rings. The van der Waals surface area contributed by atoms with E-state index < -0.39 is 35.3 Å². The van der Waals surface area contributed by atoms with Gasteiger partial charge in [-0.25, -0.2) is 0 Å². The SMILES string of the molecule is C1=CC2C=CC1C2.C[C@@H]([C@H](C)P(c1ccccc1)c1ccccc1)P(c1ccccc1)c1ccccc1.[F][Sb-]([F])([F])([F])([F])[F].[Rh]. The maximum atomic E-state index is 9.93. The predicted octanol–water partition coefficient (Wildman–Crippen LogP) is 9.92. The summed E-state index contributed by atoms with van der Waals surface area (Å²) in [7, 11) is -0.897. The molecule has 2 bridgehead atoms. The third kappa shape index (κ3) is 13.1. The first-order valence-corrected chi connectivity index (χ1v) is 23.0. The van der Waals surface area contributed by atoms with Gasteiger partial charge >= 0.3 is 36.4 Å². The average Bonchev–Trinajstić information content (AvgIpc) is 3.65. The number of hydrogen-bond acceptors (Lipinski definition) is 0. The molecule has 2 aliphatic carbocycles. The molecule has 0 unspecified atom stereocenters. The standard InChI is InChI=1S/C28H28P2.C7H8.6FH.Rh.Sb/c1-23(29(25-15-7-3-8-16-25)26-17-9-4-10-18-26)24(2)30(27-19-11-5-12-20-27)28-21-13-6-14-22-28;1-2-7-4-3-6(1)5-7;;;;;;;;/h3-24H,1-2H3;1-4,6-7H,5H2;6*1H;;/q;;;;;;;;;+5/p-6/t23-,24-;;;;;;;;;/m0........./s1. The Morgan fingerprint density at radius 3 is 0.822 bits per heavy atom. The molecule has 0 N–H and O–H groups in total. The number of allylic oxidation sites excluding steroid dienone is 4. The molecule has 0 aliphatic heterocycles. The van der Waals surface area contributed by atoms with Crippen LogP contribution in [0.4, 0.5) is 16.9 Å². The van der Waals surface area contributed by atoms with Gasteiger partial charge in [-0.2, -0.15) is 0 Å². The van der Waals surface area contributed by atoms with Gasteiger partial charge in [-0.05, 0) is 66.6 Å². The summed E-state index contributed by atoms with van der Waals surface area (Å²) >= 11 is -11.2. The van der Waals surface area contributed by atoms with E-state index in [0.717, 1.165) is 11.8 Å². The van der Waals surface area contributed by atoms with Crippen molar-refractivity contribution in [2.75, 3.05) is 0 Å². The molecule has 0 amide bonds. The monoisotopic (exact) mass is 856 g/mol. The second-order valence-electron chi connectivity index (χ2n) is 10.9. The molecule has 0 heterocycles. The van der Waals surface area contributed by atoms with Crippen LogP contribution >= 0.6 is 15.8 Å². The largest absolute Gasteiger partial charge is 0 e. The third-order valence-corrected chi connectivity index (χ3v) is 13.6. The van der Waals surface area contributed by atoms with Gasteiger partial charge < -0.3 is 0 Å². The van der Waals surface area contributed by atoms with Crippen molar-refractivity contribution in [3.05, 3.63) is 146 Å². The zero-order valence-electron chi connectivity index (χ0n) is 24.8. The first-order chi connectivity index (χ1) is 20.7. The number of benzene rings is 4. The molecule has 0 nitrogen and oxygen atoms in total. The normalized spacial score (nSPS) is 19.2. The summed E-state index contributed by atoms with van der Waals surface area (Å²) in [5.74, 6) is 1.62. The van der Waals surface area contributed by atoms with Crippen molar-refractivity contribution in [3.63, 3.8) is 0 Å². The van der Waals surface area contributed by atoms with Crippen LogP contribution in [-0.2, 0) is 19.5 Å². The summed E-state index contributed by atoms with van der Waals surface area (Å²) in [5, 5.41) is 5.87. The van der Waals surface area contributed by atoms with Gasteiger partial charge in [0.15, 0.2) is 0 Å². The molecule has 243 valence electrons. The van der Waals surface area contributed by atoms with Gasteiger partial charge in [-0.15, -0.1) is 0 Å². The Bertz CT molecular complexity index is 1320. The molecule has 0 aromatic heterocycles. The maximum absolute atomic E-state index is 11.2. The summed E-state index contributed by atoms with van der Waals surface area (Å²) in [6.45, 7) is 4.94. The molecule has 2 aliphatic rings. The van der Waals surface area contributed by atoms with Gasteiger partial charge in [0.25, 0.3) is 0 Å². The molecule has 0 fully saturated rings. The van der Waals surface area contributed by atoms with E-state index in [2.05, 4.69) is 159 Å². The molecule has 45 heavy (non-hydrogen) atoms. The smallest absolute Gasteiger partial charge is 0 e. The minimum atomic E-state index is -11.2. The fourth-order valence-electron chi connectivity index (χ4n) is 5.35. The minimum Gasteiger partial charge on any atom is 0 e. The van der Waals surface area contributed by atoms with Crippen LogP contribution in [0, 0.1) is 11.8 Å². The summed E-state index contributed by atoms with van der Waals surface area (Å²) in [5.41, 5.74) is 1.10. The van der Waals surface area contributed by atoms with Crippen LogP contribution in [0.3, 0.4) is 0 Å². The first kappa shape index (κ1) is 37.7. The van der Waals surface area contributed by atoms with Gasteiger partial charge in [0.1, 0.15) is 0 Å². The second kappa shape index (κ2) is 15.4. The summed E-state index contributed by atoms with van der Waals surface area (Å²) in [6.07, 6.45) is 10.5. The zero-order valence-corrected chi connectivity index (χ0v) is 30.8. The Kier molecular flexibility index (Phi) is 12.9. The van der Waals surface area contributed by atoms with Crippen molar-refractivity contribution in [2.45, 2.75) is 31.6 Å². The fraction of sp³-hybridized carbons (Fsp3) is 0.200. The third-order valence-electron chi connectivity index (χ3n) is 7.41. The van der Waals surface area contributed by atoms with Gasteiger partial charge in [0, 0.05) is 19.5 Å². The van der Waals surface area contributed by atoms with Gasteiger partial charge in [-0.3, -0.25) is 0 Å². The van der Waals surface area contributed by atoms with E-state index >= 15 is 0 Å². The average molecular weight is 857 g/mol. The van der Waals surface area contributed by atoms with E-state index in [1.165, 1.54) is 27.6 Å². The molecule has 0 saturated heterocycles. The van der Waals surface area contributed by atoms with Gasteiger partial charge in [0.05, 0.1) is 0 Å². The van der Waals surface area contributed by atoms with Crippen molar-refractivity contribution < 1.29 is 36.4 Å². The Morgan fingerprint density at radius 2 is 0.667 bits per heavy atom. The summed E-state index contributed by atoms with van der Waals surface area (Å²) < 4.78 is 59.6. The van der Waals surface area contributed by atoms with Crippen molar-refractivity contribution in [2.24, 2.45) is 11.8 Å². The van der Waals surface area contributed by atoms with Crippen LogP contribution < -0.4 is 21.2 Å². The van der Waals surface area contributed by atoms with Crippen molar-refractivity contribution >= 4 is 56.5 Å². The summed E-state index contributed by atoms with van der Waals surface area (Å²) in [4.78, 5) is 0. The molecular formula is C35H36F6P2RhSb-. The van der Waals surface area contributed by atoms with Crippen LogP contribution in [0.2, 0.25) is 0 Å². The number of hydrogen-bond donors (Lipinski definition) is 0. The van der Waals surface area contributed by atoms with Crippen LogP contribution in [0.15, 0.2) is 146 Å². The molecule has 0 saturated carbocycles. The Hall–Kier alpha value is -1.76. The van der Waals surface area contributed by atoms with E-state index in [9.17, 15) is 16.9 Å². The molecule has 1 radical (unpaired) electrons. The molecule has 2 atom stereocenters. The maximum Gasteiger partial charge on any atom is 0 e. The van der Waals surface area contributed by atoms with E-state index in [4.69, 9.17) is 0 Å². The van der Waals surface area contributed by atoms with Crippen LogP contribution in [-0.4, -0.2) is 30.8 Å². The number of halogens is 6. The van der Waals surface area contributed by atoms with Gasteiger partial charge in [-0.1, -0.05) is 159 Å². The quantitative estimate of drug-likeness (QED) is 0.0752. The molecular weight excluding hydrogens is 821 g/mol. The van der Waals surface area contributed by atoms with Crippen molar-refractivity contribution in [3.8, 4) is 0 Å². The Labute approximate surface area is 280 Å². The van der Waals surface area contributed by atoms with E-state index in [1.807, 2.05) is 0 Å². The number of fused-ring (bicyclic) bond motifs is 2. The van der Waals surface area contributed by atoms with E-state index in [-0.39, 0.29) is 19.5 Å². The van der Waals surface area contributed by atoms with Crippen LogP contribution in [0.25, 0.3) is 0 Å². The van der Waals surface area contributed by atoms with E-state index in [1.54, 1.807) is 0 Å². The van der Waals surface area contributed by atoms with Crippen molar-refractivity contribution in [1.29, 1.82) is 0 Å². The molecule has 10 heteroatoms. The molecule has 0 spiro atoms. The topological polar surface area (TPSA) is 0 Å².